The smallest absolute Gasteiger partial charge is 0.264 e. The Morgan fingerprint density at radius 2 is 1.44 bits per heavy atom. The summed E-state index contributed by atoms with van der Waals surface area (Å²) in [5.74, 6) is -1.82. The normalized spacial score (nSPS) is 12.0. The molecule has 2 amide bonds. The highest BCUT2D eigenvalue weighted by atomic mass is 35.5. The molecule has 0 aliphatic carbocycles. The SMILES string of the molecule is CC(C)CNC(=O)[C@H](Cc1ccccc1)N(Cc1ccc(Cl)c(Cl)c1)C(=O)CN(c1ccccc1F)S(=O)(=O)c1ccccc1. The number of carbonyl (C=O) groups is 2. The lowest BCUT2D eigenvalue weighted by Crippen LogP contribution is -2.53. The Balaban J connectivity index is 1.81. The predicted molar refractivity (Wildman–Crippen MR) is 176 cm³/mol. The molecule has 0 bridgehead atoms. The van der Waals surface area contributed by atoms with Gasteiger partial charge < -0.3 is 10.2 Å². The number of halogens is 3. The van der Waals surface area contributed by atoms with Gasteiger partial charge in [-0.05, 0) is 53.4 Å². The predicted octanol–water partition coefficient (Wildman–Crippen LogP) is 6.74. The molecule has 11 heteroatoms. The standard InChI is InChI=1S/C34H34Cl2FN3O4S/c1-24(2)21-38-34(42)32(20-25-11-5-3-6-12-25)39(22-26-17-18-28(35)29(36)19-26)33(41)23-40(31-16-10-9-15-30(31)37)45(43,44)27-13-7-4-8-14-27/h3-19,24,32H,20-23H2,1-2H3,(H,38,42)/t32-/m0/s1. The summed E-state index contributed by atoms with van der Waals surface area (Å²) in [6, 6.07) is 25.8. The summed E-state index contributed by atoms with van der Waals surface area (Å²) >= 11 is 12.4. The number of rotatable bonds is 13. The molecule has 0 aliphatic heterocycles. The summed E-state index contributed by atoms with van der Waals surface area (Å²) in [5, 5.41) is 3.49. The summed E-state index contributed by atoms with van der Waals surface area (Å²) in [7, 11) is -4.41. The molecule has 7 nitrogen and oxygen atoms in total. The minimum absolute atomic E-state index is 0.0984. The lowest BCUT2D eigenvalue weighted by Gasteiger charge is -2.34. The zero-order chi connectivity index (χ0) is 32.6. The van der Waals surface area contributed by atoms with Gasteiger partial charge in [-0.3, -0.25) is 13.9 Å². The van der Waals surface area contributed by atoms with Crippen LogP contribution in [0.15, 0.2) is 108 Å². The van der Waals surface area contributed by atoms with E-state index in [4.69, 9.17) is 23.2 Å². The summed E-state index contributed by atoms with van der Waals surface area (Å²) < 4.78 is 43.8. The number of nitrogens with one attached hydrogen (secondary N) is 1. The van der Waals surface area contributed by atoms with Gasteiger partial charge in [-0.15, -0.1) is 0 Å². The van der Waals surface area contributed by atoms with Crippen molar-refractivity contribution in [2.75, 3.05) is 17.4 Å². The van der Waals surface area contributed by atoms with Crippen LogP contribution in [-0.2, 0) is 32.6 Å². The average Bonchev–Trinajstić information content (AvgIpc) is 3.03. The van der Waals surface area contributed by atoms with Gasteiger partial charge in [-0.25, -0.2) is 12.8 Å². The van der Waals surface area contributed by atoms with Crippen molar-refractivity contribution in [1.82, 2.24) is 10.2 Å². The highest BCUT2D eigenvalue weighted by Gasteiger charge is 2.35. The molecule has 4 aromatic carbocycles. The summed E-state index contributed by atoms with van der Waals surface area (Å²) in [4.78, 5) is 29.4. The van der Waals surface area contributed by atoms with E-state index in [0.29, 0.717) is 17.1 Å². The van der Waals surface area contributed by atoms with Crippen LogP contribution in [0.25, 0.3) is 0 Å². The van der Waals surface area contributed by atoms with Crippen LogP contribution in [0.1, 0.15) is 25.0 Å². The van der Waals surface area contributed by atoms with Crippen LogP contribution in [0.4, 0.5) is 10.1 Å². The number of sulfonamides is 1. The average molecular weight is 671 g/mol. The number of hydrogen-bond acceptors (Lipinski definition) is 4. The number of carbonyl (C=O) groups excluding carboxylic acids is 2. The topological polar surface area (TPSA) is 86.8 Å². The Morgan fingerprint density at radius 3 is 2.07 bits per heavy atom. The van der Waals surface area contributed by atoms with Crippen molar-refractivity contribution in [2.24, 2.45) is 5.92 Å². The minimum Gasteiger partial charge on any atom is -0.354 e. The van der Waals surface area contributed by atoms with Crippen LogP contribution in [0.3, 0.4) is 0 Å². The Kier molecular flexibility index (Phi) is 11.6. The van der Waals surface area contributed by atoms with Gasteiger partial charge in [0.25, 0.3) is 10.0 Å². The van der Waals surface area contributed by atoms with Gasteiger partial charge in [0.2, 0.25) is 11.8 Å². The lowest BCUT2D eigenvalue weighted by atomic mass is 10.0. The monoisotopic (exact) mass is 669 g/mol. The van der Waals surface area contributed by atoms with E-state index >= 15 is 4.39 Å². The van der Waals surface area contributed by atoms with E-state index in [2.05, 4.69) is 5.32 Å². The lowest BCUT2D eigenvalue weighted by molar-refractivity contribution is -0.140. The van der Waals surface area contributed by atoms with Crippen molar-refractivity contribution in [3.8, 4) is 0 Å². The molecule has 4 aromatic rings. The first kappa shape index (κ1) is 34.0. The summed E-state index contributed by atoms with van der Waals surface area (Å²) in [5.41, 5.74) is 1.06. The molecule has 0 aromatic heterocycles. The van der Waals surface area contributed by atoms with Crippen molar-refractivity contribution in [3.05, 3.63) is 130 Å². The van der Waals surface area contributed by atoms with E-state index in [1.807, 2.05) is 44.2 Å². The summed E-state index contributed by atoms with van der Waals surface area (Å²) in [6.07, 6.45) is 0.142. The molecule has 45 heavy (non-hydrogen) atoms. The van der Waals surface area contributed by atoms with Crippen molar-refractivity contribution in [1.29, 1.82) is 0 Å². The molecule has 0 saturated carbocycles. The first-order chi connectivity index (χ1) is 21.5. The molecule has 0 saturated heterocycles. The number of para-hydroxylation sites is 1. The number of benzene rings is 4. The van der Waals surface area contributed by atoms with Crippen molar-refractivity contribution in [3.63, 3.8) is 0 Å². The van der Waals surface area contributed by atoms with Crippen LogP contribution in [0, 0.1) is 11.7 Å². The maximum absolute atomic E-state index is 15.2. The fraction of sp³-hybridized carbons (Fsp3) is 0.235. The zero-order valence-electron chi connectivity index (χ0n) is 24.9. The number of amides is 2. The molecule has 236 valence electrons. The van der Waals surface area contributed by atoms with Crippen LogP contribution in [-0.4, -0.2) is 44.3 Å². The zero-order valence-corrected chi connectivity index (χ0v) is 27.2. The second-order valence-corrected chi connectivity index (χ2v) is 13.6. The molecule has 1 N–H and O–H groups in total. The van der Waals surface area contributed by atoms with Crippen molar-refractivity contribution >= 4 is 50.7 Å². The first-order valence-corrected chi connectivity index (χ1v) is 16.5. The van der Waals surface area contributed by atoms with Gasteiger partial charge in [-0.1, -0.05) is 104 Å². The van der Waals surface area contributed by atoms with E-state index in [1.54, 1.807) is 36.4 Å². The minimum atomic E-state index is -4.41. The second-order valence-electron chi connectivity index (χ2n) is 10.9. The Morgan fingerprint density at radius 1 is 0.822 bits per heavy atom. The van der Waals surface area contributed by atoms with E-state index in [0.717, 1.165) is 15.9 Å². The third-order valence-electron chi connectivity index (χ3n) is 7.02. The van der Waals surface area contributed by atoms with Gasteiger partial charge >= 0.3 is 0 Å². The fourth-order valence-electron chi connectivity index (χ4n) is 4.70. The van der Waals surface area contributed by atoms with E-state index < -0.39 is 40.2 Å². The summed E-state index contributed by atoms with van der Waals surface area (Å²) in [6.45, 7) is 3.39. The van der Waals surface area contributed by atoms with Gasteiger partial charge in [0.15, 0.2) is 0 Å². The van der Waals surface area contributed by atoms with E-state index in [1.165, 1.54) is 35.2 Å². The molecule has 0 heterocycles. The van der Waals surface area contributed by atoms with Crippen molar-refractivity contribution in [2.45, 2.75) is 37.8 Å². The molecule has 0 fully saturated rings. The van der Waals surface area contributed by atoms with Crippen molar-refractivity contribution < 1.29 is 22.4 Å². The highest BCUT2D eigenvalue weighted by molar-refractivity contribution is 7.92. The van der Waals surface area contributed by atoms with Gasteiger partial charge in [0.05, 0.1) is 20.6 Å². The van der Waals surface area contributed by atoms with Crippen LogP contribution < -0.4 is 9.62 Å². The molecule has 4 rings (SSSR count). The number of hydrogen-bond donors (Lipinski definition) is 1. The Hall–Kier alpha value is -3.92. The fourth-order valence-corrected chi connectivity index (χ4v) is 6.46. The Labute approximate surface area is 273 Å². The molecule has 0 unspecified atom stereocenters. The van der Waals surface area contributed by atoms with Crippen LogP contribution in [0.5, 0.6) is 0 Å². The molecular weight excluding hydrogens is 636 g/mol. The van der Waals surface area contributed by atoms with Gasteiger partial charge in [0.1, 0.15) is 18.4 Å². The third-order valence-corrected chi connectivity index (χ3v) is 9.54. The molecule has 0 aliphatic rings. The molecule has 1 atom stereocenters. The maximum Gasteiger partial charge on any atom is 0.264 e. The Bertz CT molecular complexity index is 1720. The van der Waals surface area contributed by atoms with E-state index in [-0.39, 0.29) is 34.5 Å². The largest absolute Gasteiger partial charge is 0.354 e. The number of anilines is 1. The van der Waals surface area contributed by atoms with Gasteiger partial charge in [-0.2, -0.15) is 0 Å². The molecule has 0 spiro atoms. The first-order valence-electron chi connectivity index (χ1n) is 14.3. The van der Waals surface area contributed by atoms with E-state index in [9.17, 15) is 18.0 Å². The molecule has 0 radical (unpaired) electrons. The van der Waals surface area contributed by atoms with Crippen LogP contribution in [0.2, 0.25) is 10.0 Å². The maximum atomic E-state index is 15.2. The highest BCUT2D eigenvalue weighted by Crippen LogP contribution is 2.28. The number of nitrogens with zero attached hydrogens (tertiary/aromatic N) is 2. The van der Waals surface area contributed by atoms with Crippen LogP contribution >= 0.6 is 23.2 Å². The quantitative estimate of drug-likeness (QED) is 0.171. The third kappa shape index (κ3) is 8.84. The second kappa shape index (κ2) is 15.4. The van der Waals surface area contributed by atoms with Gasteiger partial charge in [0, 0.05) is 19.5 Å². The molecular formula is C34H34Cl2FN3O4S.